The van der Waals surface area contributed by atoms with Gasteiger partial charge in [0.05, 0.1) is 7.11 Å². The molecule has 2 aromatic carbocycles. The molecule has 6 heteroatoms. The molecule has 0 radical (unpaired) electrons. The molecule has 0 amide bonds. The molecule has 4 nitrogen and oxygen atoms in total. The van der Waals surface area contributed by atoms with E-state index in [9.17, 15) is 13.9 Å². The Balaban J connectivity index is 1.64. The number of piperazine rings is 1. The van der Waals surface area contributed by atoms with Gasteiger partial charge in [0.25, 0.3) is 0 Å². The number of rotatable bonds is 7. The molecular weight excluding hydrogens is 350 g/mol. The quantitative estimate of drug-likeness (QED) is 0.806. The van der Waals surface area contributed by atoms with Crippen LogP contribution in [-0.4, -0.2) is 54.3 Å². The summed E-state index contributed by atoms with van der Waals surface area (Å²) in [6, 6.07) is 11.6. The van der Waals surface area contributed by atoms with Crippen molar-refractivity contribution in [2.45, 2.75) is 25.6 Å². The van der Waals surface area contributed by atoms with Crippen molar-refractivity contribution in [1.82, 2.24) is 9.80 Å². The highest BCUT2D eigenvalue weighted by molar-refractivity contribution is 5.29. The number of ether oxygens (including phenoxy) is 1. The van der Waals surface area contributed by atoms with Gasteiger partial charge in [0.2, 0.25) is 0 Å². The Hall–Kier alpha value is -2.02. The third kappa shape index (κ3) is 5.25. The van der Waals surface area contributed by atoms with Gasteiger partial charge in [0.1, 0.15) is 17.4 Å². The minimum absolute atomic E-state index is 0.0939. The molecule has 27 heavy (non-hydrogen) atoms. The van der Waals surface area contributed by atoms with Crippen LogP contribution in [0.25, 0.3) is 0 Å². The topological polar surface area (TPSA) is 35.9 Å². The number of benzene rings is 2. The molecule has 1 fully saturated rings. The fourth-order valence-corrected chi connectivity index (χ4v) is 3.58. The summed E-state index contributed by atoms with van der Waals surface area (Å²) < 4.78 is 32.4. The smallest absolute Gasteiger partial charge is 0.131 e. The number of methoxy groups -OCH3 is 1. The van der Waals surface area contributed by atoms with Crippen LogP contribution in [0.3, 0.4) is 0 Å². The lowest BCUT2D eigenvalue weighted by Gasteiger charge is -2.41. The molecule has 1 aliphatic heterocycles. The summed E-state index contributed by atoms with van der Waals surface area (Å²) in [5.74, 6) is 0.00126. The second-order valence-corrected chi connectivity index (χ2v) is 6.96. The van der Waals surface area contributed by atoms with E-state index in [1.54, 1.807) is 24.3 Å². The predicted molar refractivity (Wildman–Crippen MR) is 101 cm³/mol. The fourth-order valence-electron chi connectivity index (χ4n) is 3.58. The van der Waals surface area contributed by atoms with Gasteiger partial charge in [0.15, 0.2) is 0 Å². The Morgan fingerprint density at radius 2 is 1.85 bits per heavy atom. The van der Waals surface area contributed by atoms with Gasteiger partial charge in [-0.3, -0.25) is 9.80 Å². The molecule has 0 aliphatic carbocycles. The molecule has 0 aromatic heterocycles. The summed E-state index contributed by atoms with van der Waals surface area (Å²) in [6.07, 6.45) is 0.637. The molecule has 1 atom stereocenters. The third-order valence-electron chi connectivity index (χ3n) is 5.10. The van der Waals surface area contributed by atoms with Crippen LogP contribution in [0.2, 0.25) is 0 Å². The molecule has 1 saturated heterocycles. The Kier molecular flexibility index (Phi) is 6.77. The van der Waals surface area contributed by atoms with Gasteiger partial charge in [-0.15, -0.1) is 0 Å². The van der Waals surface area contributed by atoms with Crippen LogP contribution in [0.1, 0.15) is 17.5 Å². The second-order valence-electron chi connectivity index (χ2n) is 6.96. The van der Waals surface area contributed by atoms with Gasteiger partial charge >= 0.3 is 0 Å². The number of aliphatic hydroxyl groups excluding tert-OH is 1. The first-order chi connectivity index (χ1) is 13.1. The number of halogens is 2. The molecule has 2 aromatic rings. The van der Waals surface area contributed by atoms with E-state index in [4.69, 9.17) is 4.74 Å². The van der Waals surface area contributed by atoms with E-state index in [1.807, 2.05) is 0 Å². The van der Waals surface area contributed by atoms with Crippen LogP contribution >= 0.6 is 0 Å². The third-order valence-corrected chi connectivity index (χ3v) is 5.10. The molecule has 146 valence electrons. The summed E-state index contributed by atoms with van der Waals surface area (Å²) >= 11 is 0. The van der Waals surface area contributed by atoms with E-state index in [-0.39, 0.29) is 24.3 Å². The highest BCUT2D eigenvalue weighted by Crippen LogP contribution is 2.22. The van der Waals surface area contributed by atoms with Gasteiger partial charge in [0, 0.05) is 57.0 Å². The Morgan fingerprint density at radius 1 is 1.07 bits per heavy atom. The zero-order valence-corrected chi connectivity index (χ0v) is 15.6. The van der Waals surface area contributed by atoms with Gasteiger partial charge in [-0.05, 0) is 30.2 Å². The minimum Gasteiger partial charge on any atom is -0.497 e. The Labute approximate surface area is 159 Å². The molecule has 3 rings (SSSR count). The van der Waals surface area contributed by atoms with E-state index in [0.29, 0.717) is 24.3 Å². The second kappa shape index (κ2) is 9.26. The van der Waals surface area contributed by atoms with Gasteiger partial charge in [-0.1, -0.05) is 18.2 Å². The van der Waals surface area contributed by atoms with Crippen LogP contribution in [0.15, 0.2) is 42.5 Å². The van der Waals surface area contributed by atoms with Crippen molar-refractivity contribution in [3.63, 3.8) is 0 Å². The van der Waals surface area contributed by atoms with Crippen molar-refractivity contribution in [3.05, 3.63) is 65.2 Å². The van der Waals surface area contributed by atoms with Crippen LogP contribution in [-0.2, 0) is 13.1 Å². The lowest BCUT2D eigenvalue weighted by atomic mass is 10.1. The maximum Gasteiger partial charge on any atom is 0.131 e. The first kappa shape index (κ1) is 19.7. The molecular formula is C21H26F2N2O2. The maximum absolute atomic E-state index is 14.3. The maximum atomic E-state index is 14.3. The SMILES string of the molecule is COc1ccc(CN2CCN(Cc3ccc(F)cc3)C[C@H]2CCO)c(F)c1. The minimum atomic E-state index is -0.272. The number of hydrogen-bond donors (Lipinski definition) is 1. The highest BCUT2D eigenvalue weighted by Gasteiger charge is 2.27. The molecule has 1 aliphatic rings. The zero-order chi connectivity index (χ0) is 19.2. The molecule has 0 unspecified atom stereocenters. The molecule has 1 N–H and O–H groups in total. The average Bonchev–Trinajstić information content (AvgIpc) is 2.67. The first-order valence-electron chi connectivity index (χ1n) is 9.23. The number of nitrogens with zero attached hydrogens (tertiary/aromatic N) is 2. The van der Waals surface area contributed by atoms with Gasteiger partial charge < -0.3 is 9.84 Å². The predicted octanol–water partition coefficient (Wildman–Crippen LogP) is 3.04. The summed E-state index contributed by atoms with van der Waals surface area (Å²) in [4.78, 5) is 4.52. The van der Waals surface area contributed by atoms with Crippen LogP contribution < -0.4 is 4.74 Å². The number of hydrogen-bond acceptors (Lipinski definition) is 4. The summed E-state index contributed by atoms with van der Waals surface area (Å²) in [7, 11) is 1.52. The fraction of sp³-hybridized carbons (Fsp3) is 0.429. The van der Waals surface area contributed by atoms with Crippen molar-refractivity contribution >= 4 is 0 Å². The monoisotopic (exact) mass is 376 g/mol. The van der Waals surface area contributed by atoms with E-state index in [0.717, 1.165) is 31.7 Å². The van der Waals surface area contributed by atoms with Crippen LogP contribution in [0.4, 0.5) is 8.78 Å². The van der Waals surface area contributed by atoms with E-state index >= 15 is 0 Å². The normalized spacial score (nSPS) is 18.6. The summed E-state index contributed by atoms with van der Waals surface area (Å²) in [6.45, 7) is 3.76. The van der Waals surface area contributed by atoms with E-state index < -0.39 is 0 Å². The lowest BCUT2D eigenvalue weighted by molar-refractivity contribution is 0.0493. The molecule has 0 spiro atoms. The molecule has 0 bridgehead atoms. The van der Waals surface area contributed by atoms with Crippen LogP contribution in [0, 0.1) is 11.6 Å². The largest absolute Gasteiger partial charge is 0.497 e. The van der Waals surface area contributed by atoms with Gasteiger partial charge in [-0.2, -0.15) is 0 Å². The van der Waals surface area contributed by atoms with Crippen molar-refractivity contribution in [1.29, 1.82) is 0 Å². The van der Waals surface area contributed by atoms with E-state index in [1.165, 1.54) is 25.3 Å². The van der Waals surface area contributed by atoms with Crippen molar-refractivity contribution < 1.29 is 18.6 Å². The Morgan fingerprint density at radius 3 is 2.52 bits per heavy atom. The lowest BCUT2D eigenvalue weighted by Crippen LogP contribution is -2.52. The zero-order valence-electron chi connectivity index (χ0n) is 15.6. The summed E-state index contributed by atoms with van der Waals surface area (Å²) in [5.41, 5.74) is 1.69. The highest BCUT2D eigenvalue weighted by atomic mass is 19.1. The number of aliphatic hydroxyl groups is 1. The Bertz CT molecular complexity index is 739. The molecule has 1 heterocycles. The molecule has 0 saturated carbocycles. The summed E-state index contributed by atoms with van der Waals surface area (Å²) in [5, 5.41) is 9.45. The van der Waals surface area contributed by atoms with E-state index in [2.05, 4.69) is 9.80 Å². The van der Waals surface area contributed by atoms with Crippen molar-refractivity contribution in [3.8, 4) is 5.75 Å². The van der Waals surface area contributed by atoms with Crippen molar-refractivity contribution in [2.75, 3.05) is 33.4 Å². The van der Waals surface area contributed by atoms with Crippen molar-refractivity contribution in [2.24, 2.45) is 0 Å². The average molecular weight is 376 g/mol. The first-order valence-corrected chi connectivity index (χ1v) is 9.23. The van der Waals surface area contributed by atoms with Crippen LogP contribution in [0.5, 0.6) is 5.75 Å². The standard InChI is InChI=1S/C21H26F2N2O2/c1-27-20-7-4-17(21(23)12-20)14-25-10-9-24(15-19(25)8-11-26)13-16-2-5-18(22)6-3-16/h2-7,12,19,26H,8-11,13-15H2,1H3/t19-/m1/s1. The van der Waals surface area contributed by atoms with Gasteiger partial charge in [-0.25, -0.2) is 8.78 Å².